The minimum absolute atomic E-state index is 0.0700. The standard InChI is InChI=1S/C18H23NO2S2/c1-13-7-8-15(23-13)14(21-2)12-19-17(20)18(9-3-4-10-18)16-6-5-11-22-16/h5-8,11,14H,3-4,9-10,12H2,1-2H3,(H,19,20)/t14-/m1/s1. The summed E-state index contributed by atoms with van der Waals surface area (Å²) in [7, 11) is 1.70. The molecule has 2 aromatic rings. The van der Waals surface area contributed by atoms with E-state index in [1.807, 2.05) is 6.07 Å². The summed E-state index contributed by atoms with van der Waals surface area (Å²) in [4.78, 5) is 16.6. The third-order valence-corrected chi connectivity index (χ3v) is 6.86. The van der Waals surface area contributed by atoms with Gasteiger partial charge in [-0.3, -0.25) is 4.79 Å². The lowest BCUT2D eigenvalue weighted by atomic mass is 9.83. The van der Waals surface area contributed by atoms with Gasteiger partial charge in [-0.1, -0.05) is 18.9 Å². The number of amides is 1. The van der Waals surface area contributed by atoms with Crippen LogP contribution >= 0.6 is 22.7 Å². The first kappa shape index (κ1) is 16.7. The van der Waals surface area contributed by atoms with Gasteiger partial charge in [0.05, 0.1) is 5.41 Å². The molecule has 23 heavy (non-hydrogen) atoms. The second-order valence-electron chi connectivity index (χ2n) is 6.15. The average Bonchev–Trinajstić information content (AvgIpc) is 3.29. The van der Waals surface area contributed by atoms with Crippen molar-refractivity contribution >= 4 is 28.6 Å². The maximum atomic E-state index is 13.0. The van der Waals surface area contributed by atoms with Crippen LogP contribution in [-0.2, 0) is 14.9 Å². The van der Waals surface area contributed by atoms with E-state index in [1.165, 1.54) is 14.6 Å². The third kappa shape index (κ3) is 3.37. The van der Waals surface area contributed by atoms with Crippen LogP contribution in [0.15, 0.2) is 29.6 Å². The number of thiophene rings is 2. The fourth-order valence-electron chi connectivity index (χ4n) is 3.40. The molecular formula is C18H23NO2S2. The highest BCUT2D eigenvalue weighted by Crippen LogP contribution is 2.43. The largest absolute Gasteiger partial charge is 0.374 e. The van der Waals surface area contributed by atoms with E-state index in [9.17, 15) is 4.79 Å². The Morgan fingerprint density at radius 1 is 1.35 bits per heavy atom. The van der Waals surface area contributed by atoms with Crippen molar-refractivity contribution in [2.24, 2.45) is 0 Å². The highest BCUT2D eigenvalue weighted by molar-refractivity contribution is 7.12. The number of carbonyl (C=O) groups is 1. The van der Waals surface area contributed by atoms with E-state index in [1.54, 1.807) is 29.8 Å². The average molecular weight is 350 g/mol. The van der Waals surface area contributed by atoms with Crippen molar-refractivity contribution in [3.05, 3.63) is 44.3 Å². The summed E-state index contributed by atoms with van der Waals surface area (Å²) in [6.07, 6.45) is 4.09. The molecule has 0 spiro atoms. The van der Waals surface area contributed by atoms with Crippen LogP contribution in [0.25, 0.3) is 0 Å². The Labute approximate surface area is 145 Å². The fraction of sp³-hybridized carbons (Fsp3) is 0.500. The summed E-state index contributed by atoms with van der Waals surface area (Å²) in [5.41, 5.74) is -0.322. The van der Waals surface area contributed by atoms with Gasteiger partial charge in [-0.15, -0.1) is 22.7 Å². The molecule has 0 unspecified atom stereocenters. The maximum absolute atomic E-state index is 13.0. The fourth-order valence-corrected chi connectivity index (χ4v) is 5.33. The Bertz CT molecular complexity index is 642. The van der Waals surface area contributed by atoms with Crippen molar-refractivity contribution in [3.8, 4) is 0 Å². The highest BCUT2D eigenvalue weighted by Gasteiger charge is 2.43. The number of ether oxygens (including phenoxy) is 1. The predicted octanol–water partition coefficient (Wildman–Crippen LogP) is 4.43. The predicted molar refractivity (Wildman–Crippen MR) is 96.3 cm³/mol. The minimum Gasteiger partial charge on any atom is -0.374 e. The van der Waals surface area contributed by atoms with Crippen LogP contribution in [-0.4, -0.2) is 19.6 Å². The minimum atomic E-state index is -0.322. The van der Waals surface area contributed by atoms with Crippen LogP contribution < -0.4 is 5.32 Å². The zero-order chi connectivity index (χ0) is 16.3. The second kappa shape index (κ2) is 7.16. The molecule has 1 aliphatic carbocycles. The van der Waals surface area contributed by atoms with Crippen molar-refractivity contribution in [1.29, 1.82) is 0 Å². The molecule has 1 amide bonds. The third-order valence-electron chi connectivity index (χ3n) is 4.70. The smallest absolute Gasteiger partial charge is 0.231 e. The molecule has 1 atom stereocenters. The number of hydrogen-bond acceptors (Lipinski definition) is 4. The van der Waals surface area contributed by atoms with Gasteiger partial charge in [0, 0.05) is 28.3 Å². The van der Waals surface area contributed by atoms with Gasteiger partial charge in [0.15, 0.2) is 0 Å². The monoisotopic (exact) mass is 349 g/mol. The Morgan fingerprint density at radius 3 is 2.70 bits per heavy atom. The first-order valence-corrected chi connectivity index (χ1v) is 9.77. The van der Waals surface area contributed by atoms with E-state index in [0.29, 0.717) is 6.54 Å². The van der Waals surface area contributed by atoms with Gasteiger partial charge in [-0.05, 0) is 43.3 Å². The summed E-state index contributed by atoms with van der Waals surface area (Å²) < 4.78 is 5.58. The summed E-state index contributed by atoms with van der Waals surface area (Å²) in [6, 6.07) is 8.33. The lowest BCUT2D eigenvalue weighted by molar-refractivity contribution is -0.127. The molecule has 1 fully saturated rings. The lowest BCUT2D eigenvalue weighted by Gasteiger charge is -2.27. The molecule has 124 valence electrons. The Morgan fingerprint density at radius 2 is 2.13 bits per heavy atom. The molecule has 2 heterocycles. The molecule has 0 aromatic carbocycles. The molecule has 1 N–H and O–H groups in total. The van der Waals surface area contributed by atoms with Crippen molar-refractivity contribution in [3.63, 3.8) is 0 Å². The lowest BCUT2D eigenvalue weighted by Crippen LogP contribution is -2.43. The molecular weight excluding hydrogens is 326 g/mol. The van der Waals surface area contributed by atoms with Crippen molar-refractivity contribution in [1.82, 2.24) is 5.32 Å². The maximum Gasteiger partial charge on any atom is 0.231 e. The quantitative estimate of drug-likeness (QED) is 0.837. The highest BCUT2D eigenvalue weighted by atomic mass is 32.1. The molecule has 1 saturated carbocycles. The molecule has 5 heteroatoms. The number of nitrogens with one attached hydrogen (secondary N) is 1. The van der Waals surface area contributed by atoms with Gasteiger partial charge >= 0.3 is 0 Å². The van der Waals surface area contributed by atoms with Crippen LogP contribution in [0.3, 0.4) is 0 Å². The molecule has 3 nitrogen and oxygen atoms in total. The molecule has 0 saturated heterocycles. The van der Waals surface area contributed by atoms with E-state index >= 15 is 0 Å². The first-order valence-electron chi connectivity index (χ1n) is 8.07. The zero-order valence-corrected chi connectivity index (χ0v) is 15.3. The number of carbonyl (C=O) groups excluding carboxylic acids is 1. The molecule has 2 aromatic heterocycles. The summed E-state index contributed by atoms with van der Waals surface area (Å²) in [6.45, 7) is 2.62. The molecule has 0 bridgehead atoms. The number of hydrogen-bond donors (Lipinski definition) is 1. The van der Waals surface area contributed by atoms with Crippen LogP contribution in [0.5, 0.6) is 0 Å². The van der Waals surface area contributed by atoms with E-state index in [0.717, 1.165) is 25.7 Å². The summed E-state index contributed by atoms with van der Waals surface area (Å²) in [5.74, 6) is 0.160. The van der Waals surface area contributed by atoms with Gasteiger partial charge in [-0.2, -0.15) is 0 Å². The molecule has 3 rings (SSSR count). The number of aryl methyl sites for hydroxylation is 1. The van der Waals surface area contributed by atoms with Crippen LogP contribution in [0, 0.1) is 6.92 Å². The van der Waals surface area contributed by atoms with Crippen LogP contribution in [0.2, 0.25) is 0 Å². The van der Waals surface area contributed by atoms with E-state index in [4.69, 9.17) is 4.74 Å². The second-order valence-corrected chi connectivity index (χ2v) is 8.42. The van der Waals surface area contributed by atoms with Crippen LogP contribution in [0.1, 0.15) is 46.4 Å². The van der Waals surface area contributed by atoms with Gasteiger partial charge in [0.2, 0.25) is 5.91 Å². The van der Waals surface area contributed by atoms with Gasteiger partial charge < -0.3 is 10.1 Å². The van der Waals surface area contributed by atoms with E-state index in [2.05, 4.69) is 35.8 Å². The Kier molecular flexibility index (Phi) is 5.19. The molecule has 0 radical (unpaired) electrons. The zero-order valence-electron chi connectivity index (χ0n) is 13.6. The van der Waals surface area contributed by atoms with Crippen molar-refractivity contribution in [2.45, 2.75) is 44.1 Å². The Hall–Kier alpha value is -1.17. The molecule has 1 aliphatic rings. The van der Waals surface area contributed by atoms with Crippen molar-refractivity contribution in [2.75, 3.05) is 13.7 Å². The van der Waals surface area contributed by atoms with Crippen molar-refractivity contribution < 1.29 is 9.53 Å². The van der Waals surface area contributed by atoms with Gasteiger partial charge in [0.1, 0.15) is 6.10 Å². The normalized spacial score (nSPS) is 18.0. The van der Waals surface area contributed by atoms with E-state index < -0.39 is 0 Å². The van der Waals surface area contributed by atoms with Crippen LogP contribution in [0.4, 0.5) is 0 Å². The van der Waals surface area contributed by atoms with Gasteiger partial charge in [0.25, 0.3) is 0 Å². The summed E-state index contributed by atoms with van der Waals surface area (Å²) >= 11 is 3.42. The first-order chi connectivity index (χ1) is 11.2. The van der Waals surface area contributed by atoms with Gasteiger partial charge in [-0.25, -0.2) is 0 Å². The van der Waals surface area contributed by atoms with E-state index in [-0.39, 0.29) is 17.4 Å². The molecule has 0 aliphatic heterocycles. The SMILES string of the molecule is CO[C@H](CNC(=O)C1(c2cccs2)CCCC1)c1ccc(C)s1. The number of rotatable bonds is 6. The Balaban J connectivity index is 1.70. The number of methoxy groups -OCH3 is 1. The topological polar surface area (TPSA) is 38.3 Å². The summed E-state index contributed by atoms with van der Waals surface area (Å²) in [5, 5.41) is 5.23.